The minimum absolute atomic E-state index is 0.0126. The lowest BCUT2D eigenvalue weighted by Gasteiger charge is -2.06. The van der Waals surface area contributed by atoms with Gasteiger partial charge in [-0.1, -0.05) is 23.7 Å². The van der Waals surface area contributed by atoms with Crippen LogP contribution in [0.25, 0.3) is 10.9 Å². The fourth-order valence-corrected chi connectivity index (χ4v) is 2.55. The van der Waals surface area contributed by atoms with Crippen LogP contribution in [0.1, 0.15) is 11.4 Å². The van der Waals surface area contributed by atoms with Crippen LogP contribution in [0.3, 0.4) is 0 Å². The minimum Gasteiger partial charge on any atom is -0.502 e. The van der Waals surface area contributed by atoms with E-state index in [0.717, 1.165) is 17.0 Å². The maximum atomic E-state index is 12.5. The molecule has 0 spiro atoms. The molecule has 0 saturated carbocycles. The molecule has 0 aliphatic carbocycles. The molecular formula is C16H11ClN4O4. The Hall–Kier alpha value is -3.26. The molecule has 0 aliphatic heterocycles. The van der Waals surface area contributed by atoms with Gasteiger partial charge in [0, 0.05) is 16.7 Å². The van der Waals surface area contributed by atoms with Crippen LogP contribution in [0.5, 0.6) is 5.75 Å². The van der Waals surface area contributed by atoms with Gasteiger partial charge >= 0.3 is 5.69 Å². The summed E-state index contributed by atoms with van der Waals surface area (Å²) in [5, 5.41) is 25.4. The predicted molar refractivity (Wildman–Crippen MR) is 93.5 cm³/mol. The summed E-state index contributed by atoms with van der Waals surface area (Å²) in [6.45, 7) is 1.60. The SMILES string of the molecule is Cc1nc2ccccc2c(=O)n1N=Cc1cc(Cl)cc([N+](=O)[O-])c1O. The largest absolute Gasteiger partial charge is 0.502 e. The van der Waals surface area contributed by atoms with Gasteiger partial charge in [-0.05, 0) is 25.1 Å². The zero-order valence-corrected chi connectivity index (χ0v) is 13.6. The third-order valence-electron chi connectivity index (χ3n) is 3.51. The van der Waals surface area contributed by atoms with Crippen LogP contribution in [0.4, 0.5) is 5.69 Å². The van der Waals surface area contributed by atoms with Crippen molar-refractivity contribution in [2.24, 2.45) is 5.10 Å². The van der Waals surface area contributed by atoms with E-state index in [1.807, 2.05) is 0 Å². The van der Waals surface area contributed by atoms with Gasteiger partial charge in [-0.25, -0.2) is 4.98 Å². The van der Waals surface area contributed by atoms with Gasteiger partial charge in [-0.15, -0.1) is 0 Å². The van der Waals surface area contributed by atoms with Crippen LogP contribution in [-0.4, -0.2) is 25.9 Å². The smallest absolute Gasteiger partial charge is 0.312 e. The number of phenols is 1. The molecule has 0 amide bonds. The molecule has 3 aromatic rings. The lowest BCUT2D eigenvalue weighted by Crippen LogP contribution is -2.20. The average molecular weight is 359 g/mol. The second-order valence-electron chi connectivity index (χ2n) is 5.16. The number of halogens is 1. The van der Waals surface area contributed by atoms with Gasteiger partial charge in [0.2, 0.25) is 5.75 Å². The van der Waals surface area contributed by atoms with Gasteiger partial charge in [0.1, 0.15) is 5.82 Å². The Bertz CT molecular complexity index is 1090. The number of aromatic nitrogens is 2. The van der Waals surface area contributed by atoms with Crippen molar-refractivity contribution in [3.63, 3.8) is 0 Å². The highest BCUT2D eigenvalue weighted by atomic mass is 35.5. The number of nitro groups is 1. The summed E-state index contributed by atoms with van der Waals surface area (Å²) in [5.74, 6) is -0.256. The normalized spacial score (nSPS) is 11.3. The fraction of sp³-hybridized carbons (Fsp3) is 0.0625. The van der Waals surface area contributed by atoms with E-state index in [9.17, 15) is 20.0 Å². The molecule has 1 heterocycles. The van der Waals surface area contributed by atoms with Crippen LogP contribution < -0.4 is 5.56 Å². The molecule has 9 heteroatoms. The summed E-state index contributed by atoms with van der Waals surface area (Å²) in [5.41, 5.74) is -0.388. The molecule has 0 fully saturated rings. The summed E-state index contributed by atoms with van der Waals surface area (Å²) in [6.07, 6.45) is 1.12. The van der Waals surface area contributed by atoms with E-state index in [1.165, 1.54) is 6.07 Å². The van der Waals surface area contributed by atoms with Crippen LogP contribution in [-0.2, 0) is 0 Å². The summed E-state index contributed by atoms with van der Waals surface area (Å²) in [6, 6.07) is 9.15. The van der Waals surface area contributed by atoms with Gasteiger partial charge in [-0.3, -0.25) is 14.9 Å². The molecule has 1 N–H and O–H groups in total. The quantitative estimate of drug-likeness (QED) is 0.439. The van der Waals surface area contributed by atoms with Crippen LogP contribution in [0, 0.1) is 17.0 Å². The number of aryl methyl sites for hydroxylation is 1. The van der Waals surface area contributed by atoms with E-state index >= 15 is 0 Å². The third-order valence-corrected chi connectivity index (χ3v) is 3.73. The van der Waals surface area contributed by atoms with Crippen molar-refractivity contribution in [3.8, 4) is 5.75 Å². The van der Waals surface area contributed by atoms with Gasteiger partial charge in [0.05, 0.1) is 22.0 Å². The molecule has 0 bridgehead atoms. The molecule has 1 aromatic heterocycles. The highest BCUT2D eigenvalue weighted by Crippen LogP contribution is 2.32. The molecule has 2 aromatic carbocycles. The number of hydrogen-bond donors (Lipinski definition) is 1. The Morgan fingerprint density at radius 3 is 2.80 bits per heavy atom. The Balaban J connectivity index is 2.14. The monoisotopic (exact) mass is 358 g/mol. The molecule has 0 radical (unpaired) electrons. The number of aromatic hydroxyl groups is 1. The number of rotatable bonds is 3. The molecular weight excluding hydrogens is 348 g/mol. The Labute approximate surface area is 145 Å². The molecule has 25 heavy (non-hydrogen) atoms. The zero-order valence-electron chi connectivity index (χ0n) is 12.9. The molecule has 126 valence electrons. The second-order valence-corrected chi connectivity index (χ2v) is 5.59. The number of fused-ring (bicyclic) bond motifs is 1. The van der Waals surface area contributed by atoms with Crippen molar-refractivity contribution in [3.05, 3.63) is 73.3 Å². The van der Waals surface area contributed by atoms with Crippen molar-refractivity contribution in [2.45, 2.75) is 6.92 Å². The van der Waals surface area contributed by atoms with Crippen LogP contribution in [0.15, 0.2) is 46.3 Å². The lowest BCUT2D eigenvalue weighted by molar-refractivity contribution is -0.385. The van der Waals surface area contributed by atoms with Crippen molar-refractivity contribution < 1.29 is 10.0 Å². The Morgan fingerprint density at radius 1 is 1.36 bits per heavy atom. The minimum atomic E-state index is -0.756. The summed E-state index contributed by atoms with van der Waals surface area (Å²) < 4.78 is 1.05. The van der Waals surface area contributed by atoms with Crippen LogP contribution >= 0.6 is 11.6 Å². The first-order valence-electron chi connectivity index (χ1n) is 7.08. The number of phenolic OH excluding ortho intramolecular Hbond substituents is 1. The number of benzene rings is 2. The standard InChI is InChI=1S/C16H11ClN4O4/c1-9-19-13-5-3-2-4-12(13)16(23)20(9)18-8-10-6-11(17)7-14(15(10)22)21(24)25/h2-8,22H,1H3. The van der Waals surface area contributed by atoms with Gasteiger partial charge in [0.15, 0.2) is 0 Å². The lowest BCUT2D eigenvalue weighted by atomic mass is 10.2. The highest BCUT2D eigenvalue weighted by Gasteiger charge is 2.18. The number of nitrogens with zero attached hydrogens (tertiary/aromatic N) is 4. The van der Waals surface area contributed by atoms with Crippen molar-refractivity contribution >= 4 is 34.4 Å². The topological polar surface area (TPSA) is 111 Å². The zero-order chi connectivity index (χ0) is 18.1. The van der Waals surface area contributed by atoms with E-state index in [4.69, 9.17) is 11.6 Å². The molecule has 3 rings (SSSR count). The summed E-state index contributed by atoms with van der Waals surface area (Å²) in [7, 11) is 0. The van der Waals surface area contributed by atoms with Crippen molar-refractivity contribution in [1.82, 2.24) is 9.66 Å². The van der Waals surface area contributed by atoms with Crippen molar-refractivity contribution in [1.29, 1.82) is 0 Å². The summed E-state index contributed by atoms with van der Waals surface area (Å²) in [4.78, 5) is 27.0. The van der Waals surface area contributed by atoms with Crippen LogP contribution in [0.2, 0.25) is 5.02 Å². The first-order chi connectivity index (χ1) is 11.9. The van der Waals surface area contributed by atoms with E-state index in [0.29, 0.717) is 16.7 Å². The number of hydrogen-bond acceptors (Lipinski definition) is 6. The Kier molecular flexibility index (Phi) is 4.20. The third kappa shape index (κ3) is 3.07. The summed E-state index contributed by atoms with van der Waals surface area (Å²) >= 11 is 5.83. The molecule has 0 unspecified atom stereocenters. The number of para-hydroxylation sites is 1. The molecule has 0 aliphatic rings. The van der Waals surface area contributed by atoms with E-state index in [2.05, 4.69) is 10.1 Å². The fourth-order valence-electron chi connectivity index (χ4n) is 2.33. The van der Waals surface area contributed by atoms with E-state index < -0.39 is 21.9 Å². The maximum absolute atomic E-state index is 12.5. The predicted octanol–water partition coefficient (Wildman–Crippen LogP) is 2.85. The van der Waals surface area contributed by atoms with Gasteiger partial charge in [0.25, 0.3) is 5.56 Å². The van der Waals surface area contributed by atoms with Gasteiger partial charge in [-0.2, -0.15) is 9.78 Å². The van der Waals surface area contributed by atoms with E-state index in [-0.39, 0.29) is 10.6 Å². The molecule has 0 atom stereocenters. The highest BCUT2D eigenvalue weighted by molar-refractivity contribution is 6.31. The van der Waals surface area contributed by atoms with Gasteiger partial charge < -0.3 is 5.11 Å². The second kappa shape index (κ2) is 6.33. The number of nitro benzene ring substituents is 1. The van der Waals surface area contributed by atoms with Crippen molar-refractivity contribution in [2.75, 3.05) is 0 Å². The maximum Gasteiger partial charge on any atom is 0.312 e. The first-order valence-corrected chi connectivity index (χ1v) is 7.46. The van der Waals surface area contributed by atoms with E-state index in [1.54, 1.807) is 31.2 Å². The first kappa shape index (κ1) is 16.6. The Morgan fingerprint density at radius 2 is 2.08 bits per heavy atom. The molecule has 8 nitrogen and oxygen atoms in total. The average Bonchev–Trinajstić information content (AvgIpc) is 2.57. The molecule has 0 saturated heterocycles.